The highest BCUT2D eigenvalue weighted by Crippen LogP contribution is 2.08. The van der Waals surface area contributed by atoms with E-state index in [1.165, 1.54) is 0 Å². The third kappa shape index (κ3) is 3.41. The van der Waals surface area contributed by atoms with Crippen LogP contribution in [-0.2, 0) is 11.3 Å². The lowest BCUT2D eigenvalue weighted by Crippen LogP contribution is -2.25. The molecule has 0 saturated heterocycles. The molecule has 1 N–H and O–H groups in total. The predicted octanol–water partition coefficient (Wildman–Crippen LogP) is 1.81. The minimum atomic E-state index is -0.0800. The first-order valence-electron chi connectivity index (χ1n) is 7.06. The molecule has 112 valence electrons. The van der Waals surface area contributed by atoms with Crippen LogP contribution in [0.25, 0.3) is 5.65 Å². The van der Waals surface area contributed by atoms with Crippen molar-refractivity contribution < 1.29 is 9.53 Å². The third-order valence-corrected chi connectivity index (χ3v) is 3.17. The average Bonchev–Trinajstić information content (AvgIpc) is 2.97. The van der Waals surface area contributed by atoms with Crippen molar-refractivity contribution in [3.63, 3.8) is 0 Å². The van der Waals surface area contributed by atoms with E-state index in [4.69, 9.17) is 4.74 Å². The second kappa shape index (κ2) is 6.71. The predicted molar refractivity (Wildman–Crippen MR) is 81.4 cm³/mol. The summed E-state index contributed by atoms with van der Waals surface area (Å²) in [6, 6.07) is 15.1. The van der Waals surface area contributed by atoms with E-state index >= 15 is 0 Å². The molecule has 0 radical (unpaired) electrons. The van der Waals surface area contributed by atoms with Crippen molar-refractivity contribution in [2.75, 3.05) is 6.61 Å². The molecule has 1 amide bonds. The molecule has 1 aromatic carbocycles. The highest BCUT2D eigenvalue weighted by atomic mass is 16.5. The summed E-state index contributed by atoms with van der Waals surface area (Å²) in [5.41, 5.74) is 0.763. The number of nitrogens with zero attached hydrogens (tertiary/aromatic N) is 3. The maximum absolute atomic E-state index is 11.8. The molecular weight excluding hydrogens is 280 g/mol. The number of para-hydroxylation sites is 1. The van der Waals surface area contributed by atoms with Gasteiger partial charge in [-0.25, -0.2) is 0 Å². The molecule has 2 heterocycles. The maximum atomic E-state index is 11.8. The molecule has 0 spiro atoms. The van der Waals surface area contributed by atoms with Crippen molar-refractivity contribution in [1.82, 2.24) is 19.9 Å². The number of aromatic nitrogens is 3. The van der Waals surface area contributed by atoms with Crippen molar-refractivity contribution in [2.45, 2.75) is 13.0 Å². The highest BCUT2D eigenvalue weighted by Gasteiger charge is 2.07. The second-order valence-corrected chi connectivity index (χ2v) is 4.73. The Labute approximate surface area is 127 Å². The molecule has 0 atom stereocenters. The van der Waals surface area contributed by atoms with Crippen LogP contribution in [0.4, 0.5) is 0 Å². The Morgan fingerprint density at radius 2 is 1.91 bits per heavy atom. The summed E-state index contributed by atoms with van der Waals surface area (Å²) in [6.45, 7) is 0.686. The van der Waals surface area contributed by atoms with Crippen LogP contribution in [-0.4, -0.2) is 27.1 Å². The van der Waals surface area contributed by atoms with Crippen LogP contribution >= 0.6 is 0 Å². The Kier molecular flexibility index (Phi) is 4.29. The molecule has 6 heteroatoms. The fourth-order valence-electron chi connectivity index (χ4n) is 2.06. The number of benzene rings is 1. The molecule has 0 fully saturated rings. The lowest BCUT2D eigenvalue weighted by molar-refractivity contribution is -0.121. The Hall–Kier alpha value is -2.89. The number of amides is 1. The van der Waals surface area contributed by atoms with E-state index in [2.05, 4.69) is 15.5 Å². The molecule has 3 rings (SSSR count). The van der Waals surface area contributed by atoms with E-state index in [0.717, 1.165) is 11.4 Å². The smallest absolute Gasteiger partial charge is 0.223 e. The zero-order valence-corrected chi connectivity index (χ0v) is 12.0. The van der Waals surface area contributed by atoms with Crippen LogP contribution in [0.5, 0.6) is 5.75 Å². The summed E-state index contributed by atoms with van der Waals surface area (Å²) < 4.78 is 7.34. The molecule has 22 heavy (non-hydrogen) atoms. The van der Waals surface area contributed by atoms with Gasteiger partial charge in [0.05, 0.1) is 19.6 Å². The number of pyridine rings is 1. The Morgan fingerprint density at radius 3 is 2.77 bits per heavy atom. The zero-order chi connectivity index (χ0) is 15.2. The standard InChI is InChI=1S/C16H16N4O2/c21-16(9-11-22-13-6-2-1-3-7-13)17-12-15-19-18-14-8-4-5-10-20(14)15/h1-8,10H,9,11-12H2,(H,17,21). The zero-order valence-electron chi connectivity index (χ0n) is 12.0. The summed E-state index contributed by atoms with van der Waals surface area (Å²) in [6.07, 6.45) is 2.17. The lowest BCUT2D eigenvalue weighted by Gasteiger charge is -2.06. The van der Waals surface area contributed by atoms with Gasteiger partial charge in [-0.3, -0.25) is 9.20 Å². The van der Waals surface area contributed by atoms with Gasteiger partial charge in [-0.1, -0.05) is 24.3 Å². The van der Waals surface area contributed by atoms with Crippen LogP contribution in [0.15, 0.2) is 54.7 Å². The number of nitrogens with one attached hydrogen (secondary N) is 1. The fourth-order valence-corrected chi connectivity index (χ4v) is 2.06. The van der Waals surface area contributed by atoms with E-state index in [0.29, 0.717) is 25.4 Å². The van der Waals surface area contributed by atoms with Gasteiger partial charge < -0.3 is 10.1 Å². The van der Waals surface area contributed by atoms with E-state index in [1.54, 1.807) is 0 Å². The van der Waals surface area contributed by atoms with Crippen LogP contribution in [0, 0.1) is 0 Å². The SMILES string of the molecule is O=C(CCOc1ccccc1)NCc1nnc2ccccn12. The summed E-state index contributed by atoms with van der Waals surface area (Å²) in [7, 11) is 0. The topological polar surface area (TPSA) is 68.5 Å². The van der Waals surface area contributed by atoms with Gasteiger partial charge in [0.1, 0.15) is 5.75 Å². The summed E-state index contributed by atoms with van der Waals surface area (Å²) >= 11 is 0. The largest absolute Gasteiger partial charge is 0.493 e. The van der Waals surface area contributed by atoms with Gasteiger partial charge in [0.25, 0.3) is 0 Å². The van der Waals surface area contributed by atoms with Crippen LogP contribution < -0.4 is 10.1 Å². The number of ether oxygens (including phenoxy) is 1. The van der Waals surface area contributed by atoms with Gasteiger partial charge in [0, 0.05) is 6.20 Å². The number of rotatable bonds is 6. The first kappa shape index (κ1) is 14.1. The Balaban J connectivity index is 1.46. The van der Waals surface area contributed by atoms with Gasteiger partial charge in [-0.2, -0.15) is 0 Å². The monoisotopic (exact) mass is 296 g/mol. The molecule has 0 aliphatic heterocycles. The van der Waals surface area contributed by atoms with Gasteiger partial charge in [-0.15, -0.1) is 10.2 Å². The number of carbonyl (C=O) groups excluding carboxylic acids is 1. The van der Waals surface area contributed by atoms with Gasteiger partial charge in [0.2, 0.25) is 5.91 Å². The molecular formula is C16H16N4O2. The van der Waals surface area contributed by atoms with E-state index in [9.17, 15) is 4.79 Å². The van der Waals surface area contributed by atoms with Gasteiger partial charge in [0.15, 0.2) is 11.5 Å². The van der Waals surface area contributed by atoms with E-state index in [1.807, 2.05) is 59.1 Å². The minimum absolute atomic E-state index is 0.0800. The molecule has 0 aliphatic carbocycles. The molecule has 3 aromatic rings. The van der Waals surface area contributed by atoms with Crippen molar-refractivity contribution in [3.8, 4) is 5.75 Å². The van der Waals surface area contributed by atoms with Crippen LogP contribution in [0.2, 0.25) is 0 Å². The molecule has 0 unspecified atom stereocenters. The number of fused-ring (bicyclic) bond motifs is 1. The van der Waals surface area contributed by atoms with E-state index in [-0.39, 0.29) is 5.91 Å². The lowest BCUT2D eigenvalue weighted by atomic mass is 10.3. The third-order valence-electron chi connectivity index (χ3n) is 3.17. The van der Waals surface area contributed by atoms with Crippen molar-refractivity contribution >= 4 is 11.6 Å². The van der Waals surface area contributed by atoms with Gasteiger partial charge >= 0.3 is 0 Å². The quantitative estimate of drug-likeness (QED) is 0.753. The summed E-state index contributed by atoms with van der Waals surface area (Å²) in [5, 5.41) is 10.9. The second-order valence-electron chi connectivity index (χ2n) is 4.73. The highest BCUT2D eigenvalue weighted by molar-refractivity contribution is 5.75. The van der Waals surface area contributed by atoms with Gasteiger partial charge in [-0.05, 0) is 24.3 Å². The molecule has 6 nitrogen and oxygen atoms in total. The average molecular weight is 296 g/mol. The van der Waals surface area contributed by atoms with Crippen LogP contribution in [0.3, 0.4) is 0 Å². The summed E-state index contributed by atoms with van der Waals surface area (Å²) in [4.78, 5) is 11.8. The maximum Gasteiger partial charge on any atom is 0.223 e. The first-order valence-corrected chi connectivity index (χ1v) is 7.06. The molecule has 0 aliphatic rings. The summed E-state index contributed by atoms with van der Waals surface area (Å²) in [5.74, 6) is 1.38. The number of hydrogen-bond donors (Lipinski definition) is 1. The fraction of sp³-hybridized carbons (Fsp3) is 0.188. The van der Waals surface area contributed by atoms with Crippen molar-refractivity contribution in [1.29, 1.82) is 0 Å². The Morgan fingerprint density at radius 1 is 1.09 bits per heavy atom. The normalized spacial score (nSPS) is 10.5. The Bertz CT molecular complexity index is 755. The minimum Gasteiger partial charge on any atom is -0.493 e. The number of carbonyl (C=O) groups is 1. The van der Waals surface area contributed by atoms with E-state index < -0.39 is 0 Å². The van der Waals surface area contributed by atoms with Crippen LogP contribution in [0.1, 0.15) is 12.2 Å². The first-order chi connectivity index (χ1) is 10.8. The molecule has 0 saturated carbocycles. The molecule has 0 bridgehead atoms. The number of hydrogen-bond acceptors (Lipinski definition) is 4. The van der Waals surface area contributed by atoms with Crippen molar-refractivity contribution in [2.24, 2.45) is 0 Å². The molecule has 2 aromatic heterocycles. The van der Waals surface area contributed by atoms with Crippen molar-refractivity contribution in [3.05, 3.63) is 60.6 Å².